The molecule has 19 heavy (non-hydrogen) atoms. The van der Waals surface area contributed by atoms with E-state index in [2.05, 4.69) is 0 Å². The van der Waals surface area contributed by atoms with Crippen molar-refractivity contribution in [3.63, 3.8) is 0 Å². The van der Waals surface area contributed by atoms with Crippen molar-refractivity contribution in [3.8, 4) is 0 Å². The summed E-state index contributed by atoms with van der Waals surface area (Å²) in [5.41, 5.74) is 1.46. The number of allylic oxidation sites excluding steroid dienone is 2. The molecule has 0 saturated heterocycles. The van der Waals surface area contributed by atoms with Crippen molar-refractivity contribution in [1.29, 1.82) is 0 Å². The summed E-state index contributed by atoms with van der Waals surface area (Å²) in [6.07, 6.45) is 0.310. The zero-order valence-electron chi connectivity index (χ0n) is 11.5. The van der Waals surface area contributed by atoms with E-state index in [0.29, 0.717) is 34.5 Å². The molecule has 0 aromatic heterocycles. The standard InChI is InChI=1S/C15H16O4/c1-6-5-8(16)11-10-9(6)13(18)12(17)7(2)14(10)19-15(11,3)4/h6,18H,5H2,1-4H3/t6-/m1/s1. The van der Waals surface area contributed by atoms with Crippen LogP contribution in [0.15, 0.2) is 33.8 Å². The quantitative estimate of drug-likeness (QED) is 0.726. The third-order valence-corrected chi connectivity index (χ3v) is 4.12. The Kier molecular flexibility index (Phi) is 2.17. The normalized spacial score (nSPS) is 28.9. The third kappa shape index (κ3) is 1.34. The van der Waals surface area contributed by atoms with Gasteiger partial charge in [-0.1, -0.05) is 6.92 Å². The monoisotopic (exact) mass is 260 g/mol. The smallest absolute Gasteiger partial charge is 0.227 e. The van der Waals surface area contributed by atoms with Crippen LogP contribution in [0, 0.1) is 5.92 Å². The number of aliphatic hydroxyl groups is 1. The minimum absolute atomic E-state index is 0.0428. The lowest BCUT2D eigenvalue weighted by Crippen LogP contribution is -2.31. The zero-order chi connectivity index (χ0) is 14.1. The third-order valence-electron chi connectivity index (χ3n) is 4.12. The fourth-order valence-electron chi connectivity index (χ4n) is 3.25. The lowest BCUT2D eigenvalue weighted by Gasteiger charge is -2.27. The Bertz CT molecular complexity index is 629. The van der Waals surface area contributed by atoms with E-state index in [1.807, 2.05) is 20.8 Å². The highest BCUT2D eigenvalue weighted by molar-refractivity contribution is 6.13. The zero-order valence-corrected chi connectivity index (χ0v) is 11.5. The molecule has 0 radical (unpaired) electrons. The summed E-state index contributed by atoms with van der Waals surface area (Å²) in [4.78, 5) is 24.3. The second-order valence-corrected chi connectivity index (χ2v) is 5.94. The number of carbonyl (C=O) groups is 2. The minimum atomic E-state index is -0.737. The van der Waals surface area contributed by atoms with Crippen LogP contribution in [-0.4, -0.2) is 22.3 Å². The Balaban J connectivity index is 2.40. The SMILES string of the molecule is CC1=C2OC(C)(C)C3=C2C(=C(O)C1=O)[C@H](C)CC3=O. The second kappa shape index (κ2) is 3.38. The highest BCUT2D eigenvalue weighted by atomic mass is 16.5. The summed E-state index contributed by atoms with van der Waals surface area (Å²) in [7, 11) is 0. The molecule has 1 heterocycles. The Morgan fingerprint density at radius 2 is 1.95 bits per heavy atom. The second-order valence-electron chi connectivity index (χ2n) is 5.94. The molecule has 4 nitrogen and oxygen atoms in total. The van der Waals surface area contributed by atoms with E-state index in [-0.39, 0.29) is 17.5 Å². The highest BCUT2D eigenvalue weighted by Gasteiger charge is 2.50. The molecule has 0 aromatic rings. The summed E-state index contributed by atoms with van der Waals surface area (Å²) < 4.78 is 5.84. The fourth-order valence-corrected chi connectivity index (χ4v) is 3.25. The van der Waals surface area contributed by atoms with Gasteiger partial charge in [-0.25, -0.2) is 0 Å². The molecule has 1 N–H and O–H groups in total. The van der Waals surface area contributed by atoms with Gasteiger partial charge in [-0.15, -0.1) is 0 Å². The van der Waals surface area contributed by atoms with Gasteiger partial charge in [0.2, 0.25) is 5.78 Å². The molecule has 1 atom stereocenters. The van der Waals surface area contributed by atoms with Crippen LogP contribution in [-0.2, 0) is 14.3 Å². The van der Waals surface area contributed by atoms with Gasteiger partial charge in [0, 0.05) is 28.7 Å². The van der Waals surface area contributed by atoms with Crippen molar-refractivity contribution in [3.05, 3.63) is 33.8 Å². The molecule has 100 valence electrons. The van der Waals surface area contributed by atoms with Gasteiger partial charge in [0.1, 0.15) is 11.4 Å². The average molecular weight is 260 g/mol. The van der Waals surface area contributed by atoms with Crippen LogP contribution in [0.1, 0.15) is 34.1 Å². The highest BCUT2D eigenvalue weighted by Crippen LogP contribution is 2.51. The van der Waals surface area contributed by atoms with Crippen molar-refractivity contribution in [1.82, 2.24) is 0 Å². The van der Waals surface area contributed by atoms with E-state index >= 15 is 0 Å². The van der Waals surface area contributed by atoms with Gasteiger partial charge in [-0.3, -0.25) is 9.59 Å². The van der Waals surface area contributed by atoms with E-state index in [0.717, 1.165) is 0 Å². The van der Waals surface area contributed by atoms with Crippen LogP contribution < -0.4 is 0 Å². The van der Waals surface area contributed by atoms with E-state index in [1.54, 1.807) is 6.92 Å². The maximum Gasteiger partial charge on any atom is 0.227 e. The topological polar surface area (TPSA) is 63.6 Å². The van der Waals surface area contributed by atoms with Crippen LogP contribution in [0.25, 0.3) is 0 Å². The molecule has 0 unspecified atom stereocenters. The van der Waals surface area contributed by atoms with Gasteiger partial charge >= 0.3 is 0 Å². The Morgan fingerprint density at radius 3 is 2.58 bits per heavy atom. The first kappa shape index (κ1) is 12.2. The van der Waals surface area contributed by atoms with Crippen LogP contribution >= 0.6 is 0 Å². The molecule has 4 heteroatoms. The first-order valence-corrected chi connectivity index (χ1v) is 6.42. The van der Waals surface area contributed by atoms with E-state index in [4.69, 9.17) is 4.74 Å². The summed E-state index contributed by atoms with van der Waals surface area (Å²) in [5, 5.41) is 10.1. The maximum absolute atomic E-state index is 12.3. The minimum Gasteiger partial charge on any atom is -0.504 e. The number of rotatable bonds is 0. The number of ketones is 2. The Labute approximate surface area is 111 Å². The lowest BCUT2D eigenvalue weighted by atomic mass is 9.73. The van der Waals surface area contributed by atoms with Crippen molar-refractivity contribution < 1.29 is 19.4 Å². The Morgan fingerprint density at radius 1 is 1.32 bits per heavy atom. The largest absolute Gasteiger partial charge is 0.504 e. The van der Waals surface area contributed by atoms with Gasteiger partial charge in [0.25, 0.3) is 0 Å². The molecular formula is C15H16O4. The van der Waals surface area contributed by atoms with Gasteiger partial charge in [0.05, 0.1) is 0 Å². The fraction of sp³-hybridized carbons (Fsp3) is 0.467. The molecule has 0 spiro atoms. The van der Waals surface area contributed by atoms with E-state index < -0.39 is 11.4 Å². The molecule has 0 amide bonds. The number of aliphatic hydroxyl groups excluding tert-OH is 1. The van der Waals surface area contributed by atoms with Crippen LogP contribution in [0.4, 0.5) is 0 Å². The molecule has 1 aliphatic heterocycles. The number of Topliss-reactive ketones (excluding diaryl/α,β-unsaturated/α-hetero) is 2. The van der Waals surface area contributed by atoms with Crippen LogP contribution in [0.2, 0.25) is 0 Å². The van der Waals surface area contributed by atoms with Gasteiger partial charge in [-0.2, -0.15) is 0 Å². The van der Waals surface area contributed by atoms with Gasteiger partial charge < -0.3 is 9.84 Å². The molecule has 0 bridgehead atoms. The molecule has 0 saturated carbocycles. The van der Waals surface area contributed by atoms with E-state index in [9.17, 15) is 14.7 Å². The predicted octanol–water partition coefficient (Wildman–Crippen LogP) is 2.37. The van der Waals surface area contributed by atoms with Gasteiger partial charge in [-0.05, 0) is 26.7 Å². The number of ether oxygens (including phenoxy) is 1. The summed E-state index contributed by atoms with van der Waals surface area (Å²) >= 11 is 0. The van der Waals surface area contributed by atoms with Crippen molar-refractivity contribution in [2.24, 2.45) is 5.92 Å². The number of carbonyl (C=O) groups excluding carboxylic acids is 2. The molecule has 3 rings (SSSR count). The molecule has 3 aliphatic rings. The van der Waals surface area contributed by atoms with Crippen molar-refractivity contribution in [2.75, 3.05) is 0 Å². The average Bonchev–Trinajstić information content (AvgIpc) is 2.58. The summed E-state index contributed by atoms with van der Waals surface area (Å²) in [6.45, 7) is 7.12. The Hall–Kier alpha value is -1.84. The summed E-state index contributed by atoms with van der Waals surface area (Å²) in [5.74, 6) is -0.267. The van der Waals surface area contributed by atoms with Crippen LogP contribution in [0.3, 0.4) is 0 Å². The van der Waals surface area contributed by atoms with Crippen LogP contribution in [0.5, 0.6) is 0 Å². The summed E-state index contributed by atoms with van der Waals surface area (Å²) in [6, 6.07) is 0. The molecule has 0 aromatic carbocycles. The maximum atomic E-state index is 12.3. The lowest BCUT2D eigenvalue weighted by molar-refractivity contribution is -0.118. The molecule has 2 aliphatic carbocycles. The predicted molar refractivity (Wildman–Crippen MR) is 68.3 cm³/mol. The number of hydrogen-bond acceptors (Lipinski definition) is 4. The molecular weight excluding hydrogens is 244 g/mol. The van der Waals surface area contributed by atoms with Gasteiger partial charge in [0.15, 0.2) is 11.5 Å². The first-order chi connectivity index (χ1) is 8.75. The van der Waals surface area contributed by atoms with E-state index in [1.165, 1.54) is 0 Å². The molecule has 0 fully saturated rings. The first-order valence-electron chi connectivity index (χ1n) is 6.42. The van der Waals surface area contributed by atoms with Crippen molar-refractivity contribution >= 4 is 11.6 Å². The number of hydrogen-bond donors (Lipinski definition) is 1. The van der Waals surface area contributed by atoms with Crippen molar-refractivity contribution in [2.45, 2.75) is 39.7 Å².